The number of nitrogens with zero attached hydrogens (tertiary/aromatic N) is 1. The second kappa shape index (κ2) is 6.14. The number of aliphatic imine (C=N–C) groups is 1. The van der Waals surface area contributed by atoms with Crippen molar-refractivity contribution in [3.63, 3.8) is 0 Å². The molecule has 0 aromatic carbocycles. The number of nitrogens with two attached hydrogens (primary N) is 2. The summed E-state index contributed by atoms with van der Waals surface area (Å²) in [4.78, 5) is 3.91. The lowest BCUT2D eigenvalue weighted by Gasteiger charge is -2.01. The van der Waals surface area contributed by atoms with Crippen LogP contribution < -0.4 is 16.8 Å². The van der Waals surface area contributed by atoms with Gasteiger partial charge in [-0.1, -0.05) is 18.2 Å². The van der Waals surface area contributed by atoms with Gasteiger partial charge in [-0.25, -0.2) is 0 Å². The van der Waals surface area contributed by atoms with E-state index >= 15 is 0 Å². The van der Waals surface area contributed by atoms with Gasteiger partial charge in [-0.2, -0.15) is 0 Å². The Morgan fingerprint density at radius 3 is 2.54 bits per heavy atom. The summed E-state index contributed by atoms with van der Waals surface area (Å²) in [6.07, 6.45) is 4.53. The van der Waals surface area contributed by atoms with Crippen LogP contribution in [0.5, 0.6) is 0 Å². The minimum atomic E-state index is 0.0743. The number of halogens is 1. The van der Waals surface area contributed by atoms with Crippen LogP contribution in [0.25, 0.3) is 0 Å². The van der Waals surface area contributed by atoms with E-state index in [2.05, 4.69) is 16.9 Å². The molecular formula is C8H13ClN4. The molecule has 5 heteroatoms. The number of nitrogens with one attached hydrogen (secondary N) is 1. The Balaban J connectivity index is 4.77. The van der Waals surface area contributed by atoms with Gasteiger partial charge < -0.3 is 16.8 Å². The molecule has 0 fully saturated rings. The molecule has 13 heavy (non-hydrogen) atoms. The molecule has 0 unspecified atom stereocenters. The Morgan fingerprint density at radius 2 is 2.15 bits per heavy atom. The summed E-state index contributed by atoms with van der Waals surface area (Å²) in [7, 11) is 0. The van der Waals surface area contributed by atoms with Crippen molar-refractivity contribution >= 4 is 17.8 Å². The van der Waals surface area contributed by atoms with Gasteiger partial charge in [-0.05, 0) is 13.1 Å². The SMILES string of the molecule is C=CN/C=C(/Cl)C(/N=C\C)=C(N)N. The summed E-state index contributed by atoms with van der Waals surface area (Å²) in [5, 5.41) is 3.02. The van der Waals surface area contributed by atoms with Crippen LogP contribution in [0.2, 0.25) is 0 Å². The van der Waals surface area contributed by atoms with E-state index in [1.54, 1.807) is 13.1 Å². The molecule has 0 aromatic rings. The zero-order valence-electron chi connectivity index (χ0n) is 7.42. The molecule has 0 bridgehead atoms. The highest BCUT2D eigenvalue weighted by Crippen LogP contribution is 2.15. The lowest BCUT2D eigenvalue weighted by molar-refractivity contribution is 1.13. The molecule has 0 aliphatic rings. The van der Waals surface area contributed by atoms with E-state index in [1.165, 1.54) is 12.4 Å². The molecule has 0 amide bonds. The normalized spacial score (nSPS) is 11.4. The first-order chi connectivity index (χ1) is 6.13. The lowest BCUT2D eigenvalue weighted by Crippen LogP contribution is -2.12. The van der Waals surface area contributed by atoms with Crippen LogP contribution in [0.15, 0.2) is 40.5 Å². The Hall–Kier alpha value is -1.42. The summed E-state index contributed by atoms with van der Waals surface area (Å²) in [6, 6.07) is 0. The maximum Gasteiger partial charge on any atom is 0.122 e. The van der Waals surface area contributed by atoms with E-state index in [0.29, 0.717) is 10.7 Å². The third kappa shape index (κ3) is 4.22. The van der Waals surface area contributed by atoms with Gasteiger partial charge in [-0.15, -0.1) is 0 Å². The fraction of sp³-hybridized carbons (Fsp3) is 0.125. The molecule has 0 rings (SSSR count). The van der Waals surface area contributed by atoms with E-state index in [0.717, 1.165) is 0 Å². The Morgan fingerprint density at radius 1 is 1.54 bits per heavy atom. The van der Waals surface area contributed by atoms with Gasteiger partial charge in [0.15, 0.2) is 0 Å². The lowest BCUT2D eigenvalue weighted by atomic mass is 10.4. The Labute approximate surface area is 82.7 Å². The summed E-state index contributed by atoms with van der Waals surface area (Å²) in [5.74, 6) is 0.0743. The molecule has 0 radical (unpaired) electrons. The van der Waals surface area contributed by atoms with Crippen LogP contribution in [0.3, 0.4) is 0 Å². The first kappa shape index (κ1) is 11.6. The third-order valence-corrected chi connectivity index (χ3v) is 1.37. The smallest absolute Gasteiger partial charge is 0.122 e. The maximum atomic E-state index is 5.82. The van der Waals surface area contributed by atoms with Crippen molar-refractivity contribution in [2.24, 2.45) is 16.5 Å². The van der Waals surface area contributed by atoms with Crippen molar-refractivity contribution in [2.45, 2.75) is 6.92 Å². The first-order valence-corrected chi connectivity index (χ1v) is 3.98. The van der Waals surface area contributed by atoms with Gasteiger partial charge in [0.2, 0.25) is 0 Å². The van der Waals surface area contributed by atoms with E-state index in [4.69, 9.17) is 23.1 Å². The maximum absolute atomic E-state index is 5.82. The zero-order valence-corrected chi connectivity index (χ0v) is 8.17. The molecule has 4 nitrogen and oxygen atoms in total. The average molecular weight is 201 g/mol. The Kier molecular flexibility index (Phi) is 5.47. The number of allylic oxidation sites excluding steroid dienone is 1. The van der Waals surface area contributed by atoms with Crippen molar-refractivity contribution in [1.29, 1.82) is 0 Å². The molecule has 0 saturated carbocycles. The van der Waals surface area contributed by atoms with Gasteiger partial charge in [0, 0.05) is 12.4 Å². The predicted molar refractivity (Wildman–Crippen MR) is 56.8 cm³/mol. The number of rotatable bonds is 4. The fourth-order valence-corrected chi connectivity index (χ4v) is 0.825. The van der Waals surface area contributed by atoms with Gasteiger partial charge in [0.05, 0.1) is 5.03 Å². The highest BCUT2D eigenvalue weighted by molar-refractivity contribution is 6.32. The van der Waals surface area contributed by atoms with Crippen LogP contribution in [0, 0.1) is 0 Å². The molecule has 0 atom stereocenters. The van der Waals surface area contributed by atoms with Crippen molar-refractivity contribution in [3.8, 4) is 0 Å². The summed E-state index contributed by atoms with van der Waals surface area (Å²) in [6.45, 7) is 5.20. The van der Waals surface area contributed by atoms with Crippen molar-refractivity contribution < 1.29 is 0 Å². The first-order valence-electron chi connectivity index (χ1n) is 3.60. The largest absolute Gasteiger partial charge is 0.384 e. The second-order valence-corrected chi connectivity index (χ2v) is 2.46. The Bertz CT molecular complexity index is 261. The van der Waals surface area contributed by atoms with Gasteiger partial charge in [0.25, 0.3) is 0 Å². The zero-order chi connectivity index (χ0) is 10.3. The van der Waals surface area contributed by atoms with Crippen molar-refractivity contribution in [1.82, 2.24) is 5.32 Å². The molecule has 5 N–H and O–H groups in total. The minimum Gasteiger partial charge on any atom is -0.384 e. The molecule has 0 aromatic heterocycles. The summed E-state index contributed by atoms with van der Waals surface area (Å²) in [5.41, 5.74) is 11.1. The standard InChI is InChI=1S/C8H13ClN4/c1-3-12-5-6(9)7(8(10)11)13-4-2/h3-5,12H,1,10-11H2,2H3/b6-5+,13-4-. The predicted octanol–water partition coefficient (Wildman–Crippen LogP) is 0.977. The van der Waals surface area contributed by atoms with E-state index in [-0.39, 0.29) is 5.82 Å². The van der Waals surface area contributed by atoms with Crippen molar-refractivity contribution in [2.75, 3.05) is 0 Å². The second-order valence-electron chi connectivity index (χ2n) is 2.05. The quantitative estimate of drug-likeness (QED) is 0.468. The number of hydrogen-bond acceptors (Lipinski definition) is 4. The van der Waals surface area contributed by atoms with E-state index < -0.39 is 0 Å². The molecule has 0 heterocycles. The molecule has 0 saturated heterocycles. The monoisotopic (exact) mass is 200 g/mol. The molecule has 72 valence electrons. The van der Waals surface area contributed by atoms with Crippen molar-refractivity contribution in [3.05, 3.63) is 35.5 Å². The summed E-state index contributed by atoms with van der Waals surface area (Å²) >= 11 is 5.82. The third-order valence-electron chi connectivity index (χ3n) is 1.09. The molecular weight excluding hydrogens is 188 g/mol. The molecule has 0 spiro atoms. The van der Waals surface area contributed by atoms with E-state index in [9.17, 15) is 0 Å². The van der Waals surface area contributed by atoms with Crippen LogP contribution >= 0.6 is 11.6 Å². The van der Waals surface area contributed by atoms with Crippen LogP contribution in [-0.4, -0.2) is 6.21 Å². The topological polar surface area (TPSA) is 76.4 Å². The van der Waals surface area contributed by atoms with E-state index in [1.807, 2.05) is 0 Å². The fourth-order valence-electron chi connectivity index (χ4n) is 0.604. The van der Waals surface area contributed by atoms with Crippen LogP contribution in [0.4, 0.5) is 0 Å². The minimum absolute atomic E-state index is 0.0743. The molecule has 0 aliphatic carbocycles. The van der Waals surface area contributed by atoms with Gasteiger partial charge in [0.1, 0.15) is 11.5 Å². The van der Waals surface area contributed by atoms with Crippen LogP contribution in [-0.2, 0) is 0 Å². The average Bonchev–Trinajstić information content (AvgIpc) is 2.09. The molecule has 0 aliphatic heterocycles. The summed E-state index contributed by atoms with van der Waals surface area (Å²) < 4.78 is 0. The highest BCUT2D eigenvalue weighted by Gasteiger charge is 2.02. The van der Waals surface area contributed by atoms with Gasteiger partial charge >= 0.3 is 0 Å². The van der Waals surface area contributed by atoms with Gasteiger partial charge in [-0.3, -0.25) is 4.99 Å². The highest BCUT2D eigenvalue weighted by atomic mass is 35.5. The number of hydrogen-bond donors (Lipinski definition) is 3. The van der Waals surface area contributed by atoms with Crippen LogP contribution in [0.1, 0.15) is 6.92 Å².